The number of carbonyl (C=O) groups excluding carboxylic acids is 3. The predicted molar refractivity (Wildman–Crippen MR) is 123 cm³/mol. The number of esters is 2. The first-order valence-electron chi connectivity index (χ1n) is 11.1. The number of ether oxygens (including phenoxy) is 2. The third-order valence-electron chi connectivity index (χ3n) is 6.57. The number of carbonyl (C=O) groups is 3. The summed E-state index contributed by atoms with van der Waals surface area (Å²) >= 11 is 5.90. The van der Waals surface area contributed by atoms with Crippen LogP contribution in [0.1, 0.15) is 69.7 Å². The molecule has 0 saturated heterocycles. The average molecular weight is 459 g/mol. The molecule has 32 heavy (non-hydrogen) atoms. The fraction of sp³-hybridized carbons (Fsp3) is 0.500. The van der Waals surface area contributed by atoms with E-state index >= 15 is 0 Å². The van der Waals surface area contributed by atoms with Gasteiger partial charge in [0.25, 0.3) is 0 Å². The van der Waals surface area contributed by atoms with E-state index in [0.717, 1.165) is 24.8 Å². The lowest BCUT2D eigenvalue weighted by atomic mass is 9.65. The molecule has 4 rings (SSSR count). The van der Waals surface area contributed by atoms with Crippen molar-refractivity contribution in [3.8, 4) is 0 Å². The second-order valence-electron chi connectivity index (χ2n) is 9.47. The summed E-state index contributed by atoms with van der Waals surface area (Å²) in [4.78, 5) is 38.1. The van der Waals surface area contributed by atoms with Gasteiger partial charge in [-0.15, -0.1) is 0 Å². The highest BCUT2D eigenvalue weighted by atomic mass is 35.5. The van der Waals surface area contributed by atoms with Crippen LogP contribution >= 0.6 is 11.6 Å². The van der Waals surface area contributed by atoms with Gasteiger partial charge >= 0.3 is 11.9 Å². The molecule has 0 spiro atoms. The largest absolute Gasteiger partial charge is 0.454 e. The second kappa shape index (κ2) is 10.0. The summed E-state index contributed by atoms with van der Waals surface area (Å²) in [6.45, 7) is 9.87. The van der Waals surface area contributed by atoms with Gasteiger partial charge in [0.2, 0.25) is 0 Å². The molecule has 3 aliphatic rings. The summed E-state index contributed by atoms with van der Waals surface area (Å²) in [5, 5.41) is 0.540. The van der Waals surface area contributed by atoms with Gasteiger partial charge in [0.15, 0.2) is 11.9 Å². The van der Waals surface area contributed by atoms with Crippen molar-refractivity contribution in [2.24, 2.45) is 11.3 Å². The van der Waals surface area contributed by atoms with Gasteiger partial charge in [-0.25, -0.2) is 4.79 Å². The molecule has 172 valence electrons. The first-order chi connectivity index (χ1) is 15.1. The average Bonchev–Trinajstić information content (AvgIpc) is 2.70. The van der Waals surface area contributed by atoms with E-state index in [9.17, 15) is 14.4 Å². The Kier molecular flexibility index (Phi) is 7.60. The zero-order chi connectivity index (χ0) is 23.5. The maximum absolute atomic E-state index is 13.0. The normalized spacial score (nSPS) is 26.7. The first kappa shape index (κ1) is 24.2. The van der Waals surface area contributed by atoms with Gasteiger partial charge < -0.3 is 9.47 Å². The molecule has 6 heteroatoms. The number of hydrogen-bond donors (Lipinski definition) is 0. The van der Waals surface area contributed by atoms with Crippen molar-refractivity contribution in [2.45, 2.75) is 71.5 Å². The minimum Gasteiger partial charge on any atom is -0.454 e. The summed E-state index contributed by atoms with van der Waals surface area (Å²) in [6, 6.07) is 6.51. The minimum atomic E-state index is -0.689. The van der Waals surface area contributed by atoms with Crippen LogP contribution in [0.3, 0.4) is 0 Å². The Hall–Kier alpha value is -2.40. The Morgan fingerprint density at radius 2 is 1.84 bits per heavy atom. The number of ketones is 1. The zero-order valence-electron chi connectivity index (χ0n) is 19.0. The number of Topliss-reactive ketones (excluding diaryl/α,β-unsaturated/α-hetero) is 1. The summed E-state index contributed by atoms with van der Waals surface area (Å²) in [5.41, 5.74) is 1.52. The molecule has 0 aromatic heterocycles. The molecule has 2 bridgehead atoms. The zero-order valence-corrected chi connectivity index (χ0v) is 19.7. The van der Waals surface area contributed by atoms with Crippen LogP contribution < -0.4 is 0 Å². The molecule has 1 aliphatic carbocycles. The lowest BCUT2D eigenvalue weighted by Crippen LogP contribution is -2.46. The molecule has 2 heterocycles. The van der Waals surface area contributed by atoms with Gasteiger partial charge in [-0.3, -0.25) is 9.59 Å². The maximum atomic E-state index is 13.0. The predicted octanol–water partition coefficient (Wildman–Crippen LogP) is 5.86. The van der Waals surface area contributed by atoms with Gasteiger partial charge in [-0.05, 0) is 68.9 Å². The number of rotatable bonds is 2. The van der Waals surface area contributed by atoms with Gasteiger partial charge in [0.1, 0.15) is 6.10 Å². The Bertz CT molecular complexity index is 928. The van der Waals surface area contributed by atoms with Gasteiger partial charge in [0, 0.05) is 16.9 Å². The van der Waals surface area contributed by atoms with Crippen molar-refractivity contribution in [3.05, 3.63) is 58.7 Å². The molecule has 1 aromatic rings. The van der Waals surface area contributed by atoms with E-state index in [0.29, 0.717) is 29.0 Å². The molecule has 5 nitrogen and oxygen atoms in total. The highest BCUT2D eigenvalue weighted by molar-refractivity contribution is 6.30. The summed E-state index contributed by atoms with van der Waals surface area (Å²) in [5.74, 6) is -0.707. The topological polar surface area (TPSA) is 69.7 Å². The fourth-order valence-electron chi connectivity index (χ4n) is 4.57. The van der Waals surface area contributed by atoms with Crippen molar-refractivity contribution in [3.63, 3.8) is 0 Å². The van der Waals surface area contributed by atoms with E-state index < -0.39 is 29.6 Å². The van der Waals surface area contributed by atoms with Crippen LogP contribution in [0.4, 0.5) is 0 Å². The van der Waals surface area contributed by atoms with Crippen LogP contribution in [-0.2, 0) is 19.1 Å². The van der Waals surface area contributed by atoms with Crippen LogP contribution in [0, 0.1) is 11.3 Å². The second-order valence-corrected chi connectivity index (χ2v) is 9.91. The van der Waals surface area contributed by atoms with Gasteiger partial charge in [-0.2, -0.15) is 0 Å². The van der Waals surface area contributed by atoms with Crippen molar-refractivity contribution >= 4 is 29.3 Å². The highest BCUT2D eigenvalue weighted by Crippen LogP contribution is 2.42. The molecular formula is C26H31ClO5. The molecule has 0 N–H and O–H groups in total. The number of benzene rings is 1. The smallest absolute Gasteiger partial charge is 0.338 e. The van der Waals surface area contributed by atoms with Gasteiger partial charge in [-0.1, -0.05) is 43.2 Å². The molecule has 0 amide bonds. The molecule has 1 fully saturated rings. The van der Waals surface area contributed by atoms with E-state index in [4.69, 9.17) is 21.1 Å². The van der Waals surface area contributed by atoms with Crippen molar-refractivity contribution in [1.82, 2.24) is 0 Å². The molecule has 2 aliphatic heterocycles. The number of fused-ring (bicyclic) bond motifs is 10. The van der Waals surface area contributed by atoms with E-state index in [1.165, 1.54) is 0 Å². The molecule has 3 atom stereocenters. The van der Waals surface area contributed by atoms with E-state index in [-0.39, 0.29) is 18.1 Å². The minimum absolute atomic E-state index is 0.00109. The molecule has 0 radical (unpaired) electrons. The molecular weight excluding hydrogens is 428 g/mol. The summed E-state index contributed by atoms with van der Waals surface area (Å²) in [7, 11) is 0. The molecule has 3 unspecified atom stereocenters. The standard InChI is InChI=1S/C26H31ClO5/c1-16-5-8-19-9-12-22(24(29)26(19,3)4)32-23(28)15-17(2)14-21(13-16)31-25(30)18-6-10-20(27)11-7-18/h6-7,10-11,14,19,21-22H,1,5,8-9,12-13,15H2,2-4H3. The number of hydrogen-bond acceptors (Lipinski definition) is 5. The van der Waals surface area contributed by atoms with Gasteiger partial charge in [0.05, 0.1) is 12.0 Å². The Morgan fingerprint density at radius 1 is 1.16 bits per heavy atom. The van der Waals surface area contributed by atoms with E-state index in [1.54, 1.807) is 37.3 Å². The Labute approximate surface area is 194 Å². The maximum Gasteiger partial charge on any atom is 0.338 e. The molecule has 1 saturated carbocycles. The van der Waals surface area contributed by atoms with Crippen molar-refractivity contribution in [1.29, 1.82) is 0 Å². The van der Waals surface area contributed by atoms with E-state index in [2.05, 4.69) is 6.58 Å². The van der Waals surface area contributed by atoms with Crippen LogP contribution in [0.25, 0.3) is 0 Å². The summed E-state index contributed by atoms with van der Waals surface area (Å²) in [6.07, 6.45) is 3.98. The van der Waals surface area contributed by atoms with Crippen molar-refractivity contribution < 1.29 is 23.9 Å². The lowest BCUT2D eigenvalue weighted by molar-refractivity contribution is -0.163. The molecule has 1 aromatic carbocycles. The highest BCUT2D eigenvalue weighted by Gasteiger charge is 2.45. The van der Waals surface area contributed by atoms with Crippen LogP contribution in [0.5, 0.6) is 0 Å². The van der Waals surface area contributed by atoms with Crippen LogP contribution in [-0.4, -0.2) is 29.9 Å². The Balaban J connectivity index is 1.81. The lowest BCUT2D eigenvalue weighted by Gasteiger charge is -2.40. The van der Waals surface area contributed by atoms with E-state index in [1.807, 2.05) is 13.8 Å². The third kappa shape index (κ3) is 5.89. The third-order valence-corrected chi connectivity index (χ3v) is 6.82. The fourth-order valence-corrected chi connectivity index (χ4v) is 4.70. The summed E-state index contributed by atoms with van der Waals surface area (Å²) < 4.78 is 11.3. The first-order valence-corrected chi connectivity index (χ1v) is 11.5. The monoisotopic (exact) mass is 458 g/mol. The van der Waals surface area contributed by atoms with Crippen LogP contribution in [0.2, 0.25) is 5.02 Å². The van der Waals surface area contributed by atoms with Crippen molar-refractivity contribution in [2.75, 3.05) is 0 Å². The Morgan fingerprint density at radius 3 is 2.53 bits per heavy atom. The quantitative estimate of drug-likeness (QED) is 0.410. The van der Waals surface area contributed by atoms with Crippen LogP contribution in [0.15, 0.2) is 48.1 Å². The SMILES string of the molecule is C=C1CCC2CCC(OC(=O)CC(C)=CC(OC(=O)c3ccc(Cl)cc3)C1)C(=O)C2(C)C. The number of halogens is 1.